The highest BCUT2D eigenvalue weighted by Gasteiger charge is 2.21. The molecule has 1 unspecified atom stereocenters. The first-order valence-electron chi connectivity index (χ1n) is 9.95. The molecule has 8 heteroatoms. The molecule has 1 aliphatic heterocycles. The van der Waals surface area contributed by atoms with Crippen LogP contribution in [0.4, 0.5) is 5.69 Å². The summed E-state index contributed by atoms with van der Waals surface area (Å²) < 4.78 is 21.3. The molecule has 2 aromatic rings. The van der Waals surface area contributed by atoms with Crippen LogP contribution < -0.4 is 19.5 Å². The number of anilines is 1. The van der Waals surface area contributed by atoms with Crippen LogP contribution in [0.3, 0.4) is 0 Å². The summed E-state index contributed by atoms with van der Waals surface area (Å²) in [4.78, 5) is 36.9. The number of ether oxygens (including phenoxy) is 4. The first-order chi connectivity index (χ1) is 14.9. The van der Waals surface area contributed by atoms with Gasteiger partial charge in [-0.1, -0.05) is 6.07 Å². The minimum Gasteiger partial charge on any atom is -0.495 e. The van der Waals surface area contributed by atoms with E-state index in [2.05, 4.69) is 5.32 Å². The second-order valence-electron chi connectivity index (χ2n) is 7.11. The lowest BCUT2D eigenvalue weighted by Gasteiger charge is -2.18. The van der Waals surface area contributed by atoms with Gasteiger partial charge in [-0.2, -0.15) is 0 Å². The number of hydrogen-bond donors (Lipinski definition) is 1. The number of esters is 1. The van der Waals surface area contributed by atoms with Crippen LogP contribution in [0.2, 0.25) is 0 Å². The lowest BCUT2D eigenvalue weighted by Crippen LogP contribution is -2.30. The van der Waals surface area contributed by atoms with E-state index in [0.29, 0.717) is 41.7 Å². The molecule has 1 N–H and O–H groups in total. The average Bonchev–Trinajstić information content (AvgIpc) is 2.77. The number of nitrogens with one attached hydrogen (secondary N) is 1. The van der Waals surface area contributed by atoms with Gasteiger partial charge in [0.1, 0.15) is 19.0 Å². The summed E-state index contributed by atoms with van der Waals surface area (Å²) in [6, 6.07) is 10.3. The summed E-state index contributed by atoms with van der Waals surface area (Å²) in [6.07, 6.45) is -1.21. The summed E-state index contributed by atoms with van der Waals surface area (Å²) in [7, 11) is 1.50. The van der Waals surface area contributed by atoms with Crippen molar-refractivity contribution < 1.29 is 33.3 Å². The molecule has 1 atom stereocenters. The minimum atomic E-state index is -1.03. The van der Waals surface area contributed by atoms with Gasteiger partial charge in [0.15, 0.2) is 23.4 Å². The SMILES string of the molecule is COc1ccc(C)cc1NC(=O)C(C)OC(=O)CCC(=O)c1ccc2c(c1)OCCO2. The monoisotopic (exact) mass is 427 g/mol. The van der Waals surface area contributed by atoms with Crippen molar-refractivity contribution >= 4 is 23.3 Å². The van der Waals surface area contributed by atoms with Crippen molar-refractivity contribution in [1.82, 2.24) is 0 Å². The largest absolute Gasteiger partial charge is 0.495 e. The van der Waals surface area contributed by atoms with Crippen LogP contribution in [-0.4, -0.2) is 44.1 Å². The van der Waals surface area contributed by atoms with E-state index in [1.807, 2.05) is 13.0 Å². The van der Waals surface area contributed by atoms with Crippen LogP contribution in [-0.2, 0) is 14.3 Å². The Morgan fingerprint density at radius 3 is 2.52 bits per heavy atom. The topological polar surface area (TPSA) is 100 Å². The highest BCUT2D eigenvalue weighted by Crippen LogP contribution is 2.31. The second kappa shape index (κ2) is 9.97. The number of ketones is 1. The Hall–Kier alpha value is -3.55. The Labute approximate surface area is 180 Å². The molecular weight excluding hydrogens is 402 g/mol. The summed E-state index contributed by atoms with van der Waals surface area (Å²) in [5.74, 6) is 0.252. The molecule has 1 amide bonds. The Kier molecular flexibility index (Phi) is 7.12. The second-order valence-corrected chi connectivity index (χ2v) is 7.11. The number of carbonyl (C=O) groups is 3. The number of aryl methyl sites for hydroxylation is 1. The molecule has 0 aliphatic carbocycles. The molecule has 0 saturated carbocycles. The van der Waals surface area contributed by atoms with Crippen LogP contribution >= 0.6 is 0 Å². The highest BCUT2D eigenvalue weighted by atomic mass is 16.6. The zero-order valence-corrected chi connectivity index (χ0v) is 17.7. The number of carbonyl (C=O) groups excluding carboxylic acids is 3. The molecule has 164 valence electrons. The number of rotatable bonds is 8. The van der Waals surface area contributed by atoms with Gasteiger partial charge >= 0.3 is 5.97 Å². The maximum atomic E-state index is 12.4. The quantitative estimate of drug-likeness (QED) is 0.510. The molecule has 0 radical (unpaired) electrons. The van der Waals surface area contributed by atoms with Crippen LogP contribution in [0.5, 0.6) is 17.2 Å². The van der Waals surface area contributed by atoms with Gasteiger partial charge in [0.2, 0.25) is 0 Å². The van der Waals surface area contributed by atoms with Crippen LogP contribution in [0, 0.1) is 6.92 Å². The van der Waals surface area contributed by atoms with Crippen molar-refractivity contribution in [3.63, 3.8) is 0 Å². The number of Topliss-reactive ketones (excluding diaryl/α,β-unsaturated/α-hetero) is 1. The van der Waals surface area contributed by atoms with Crippen molar-refractivity contribution in [3.8, 4) is 17.2 Å². The van der Waals surface area contributed by atoms with E-state index in [4.69, 9.17) is 18.9 Å². The molecule has 0 bridgehead atoms. The number of methoxy groups -OCH3 is 1. The summed E-state index contributed by atoms with van der Waals surface area (Å²) in [6.45, 7) is 4.25. The van der Waals surface area contributed by atoms with E-state index in [1.165, 1.54) is 14.0 Å². The van der Waals surface area contributed by atoms with Crippen LogP contribution in [0.15, 0.2) is 36.4 Å². The van der Waals surface area contributed by atoms with Gasteiger partial charge in [-0.15, -0.1) is 0 Å². The lowest BCUT2D eigenvalue weighted by molar-refractivity contribution is -0.153. The van der Waals surface area contributed by atoms with Gasteiger partial charge in [0.25, 0.3) is 5.91 Å². The van der Waals surface area contributed by atoms with Gasteiger partial charge in [0, 0.05) is 12.0 Å². The predicted molar refractivity (Wildman–Crippen MR) is 113 cm³/mol. The van der Waals surface area contributed by atoms with Crippen LogP contribution in [0.25, 0.3) is 0 Å². The van der Waals surface area contributed by atoms with Crippen molar-refractivity contribution in [2.45, 2.75) is 32.8 Å². The Balaban J connectivity index is 1.50. The molecule has 2 aromatic carbocycles. The van der Waals surface area contributed by atoms with Crippen LogP contribution in [0.1, 0.15) is 35.7 Å². The normalized spacial score (nSPS) is 13.1. The van der Waals surface area contributed by atoms with E-state index in [0.717, 1.165) is 5.56 Å². The minimum absolute atomic E-state index is 0.0431. The third kappa shape index (κ3) is 5.75. The molecule has 1 aliphatic rings. The first kappa shape index (κ1) is 22.1. The molecule has 3 rings (SSSR count). The van der Waals surface area contributed by atoms with Gasteiger partial charge in [0.05, 0.1) is 19.2 Å². The molecule has 0 aromatic heterocycles. The van der Waals surface area contributed by atoms with Gasteiger partial charge < -0.3 is 24.3 Å². The fourth-order valence-electron chi connectivity index (χ4n) is 3.04. The molecule has 0 fully saturated rings. The van der Waals surface area contributed by atoms with Gasteiger partial charge in [-0.25, -0.2) is 0 Å². The fraction of sp³-hybridized carbons (Fsp3) is 0.348. The third-order valence-corrected chi connectivity index (χ3v) is 4.71. The molecule has 0 spiro atoms. The number of amides is 1. The van der Waals surface area contributed by atoms with Crippen molar-refractivity contribution in [2.24, 2.45) is 0 Å². The fourth-order valence-corrected chi connectivity index (χ4v) is 3.04. The summed E-state index contributed by atoms with van der Waals surface area (Å²) in [5, 5.41) is 2.69. The Bertz CT molecular complexity index is 986. The zero-order chi connectivity index (χ0) is 22.4. The predicted octanol–water partition coefficient (Wildman–Crippen LogP) is 3.31. The third-order valence-electron chi connectivity index (χ3n) is 4.71. The maximum Gasteiger partial charge on any atom is 0.307 e. The molecule has 8 nitrogen and oxygen atoms in total. The molecular formula is C23H25NO7. The summed E-state index contributed by atoms with van der Waals surface area (Å²) >= 11 is 0. The van der Waals surface area contributed by atoms with E-state index in [1.54, 1.807) is 30.3 Å². The van der Waals surface area contributed by atoms with E-state index >= 15 is 0 Å². The Morgan fingerprint density at radius 2 is 1.77 bits per heavy atom. The smallest absolute Gasteiger partial charge is 0.307 e. The lowest BCUT2D eigenvalue weighted by atomic mass is 10.1. The Morgan fingerprint density at radius 1 is 1.03 bits per heavy atom. The van der Waals surface area contributed by atoms with Gasteiger partial charge in [-0.3, -0.25) is 14.4 Å². The number of benzene rings is 2. The van der Waals surface area contributed by atoms with E-state index in [9.17, 15) is 14.4 Å². The zero-order valence-electron chi connectivity index (χ0n) is 17.7. The van der Waals surface area contributed by atoms with Crippen molar-refractivity contribution in [2.75, 3.05) is 25.6 Å². The number of fused-ring (bicyclic) bond motifs is 1. The molecule has 0 saturated heterocycles. The highest BCUT2D eigenvalue weighted by molar-refractivity contribution is 5.99. The standard InChI is InChI=1S/C23H25NO7/c1-14-4-7-19(28-3)17(12-14)24-23(27)15(2)31-22(26)9-6-18(25)16-5-8-20-21(13-16)30-11-10-29-20/h4-5,7-8,12-13,15H,6,9-11H2,1-3H3,(H,24,27). The van der Waals surface area contributed by atoms with Crippen molar-refractivity contribution in [1.29, 1.82) is 0 Å². The van der Waals surface area contributed by atoms with Gasteiger partial charge in [-0.05, 0) is 49.7 Å². The first-order valence-corrected chi connectivity index (χ1v) is 9.95. The van der Waals surface area contributed by atoms with Crippen molar-refractivity contribution in [3.05, 3.63) is 47.5 Å². The average molecular weight is 427 g/mol. The maximum absolute atomic E-state index is 12.4. The molecule has 31 heavy (non-hydrogen) atoms. The molecule has 1 heterocycles. The number of hydrogen-bond acceptors (Lipinski definition) is 7. The van der Waals surface area contributed by atoms with E-state index in [-0.39, 0.29) is 18.6 Å². The van der Waals surface area contributed by atoms with E-state index < -0.39 is 18.0 Å². The summed E-state index contributed by atoms with van der Waals surface area (Å²) in [5.41, 5.74) is 1.86.